The summed E-state index contributed by atoms with van der Waals surface area (Å²) in [6.07, 6.45) is -5.43. The number of aliphatic hydroxyl groups is 1. The minimum Gasteiger partial charge on any atom is -0.494 e. The first-order valence-corrected chi connectivity index (χ1v) is 8.63. The maximum Gasteiger partial charge on any atom is 0.418 e. The molecular weight excluding hydrogens is 387 g/mol. The Hall–Kier alpha value is -1.90. The fraction of sp³-hybridized carbons (Fsp3) is 0.444. The smallest absolute Gasteiger partial charge is 0.418 e. The van der Waals surface area contributed by atoms with Gasteiger partial charge in [-0.05, 0) is 38.5 Å². The number of aliphatic hydroxyl groups excluding tert-OH is 1. The summed E-state index contributed by atoms with van der Waals surface area (Å²) in [7, 11) is 0. The molecule has 1 saturated heterocycles. The first-order chi connectivity index (χ1) is 12.3. The van der Waals surface area contributed by atoms with Crippen molar-refractivity contribution < 1.29 is 33.2 Å². The average molecular weight is 404 g/mol. The molecule has 2 aromatic rings. The van der Waals surface area contributed by atoms with Crippen LogP contribution in [-0.4, -0.2) is 26.0 Å². The van der Waals surface area contributed by atoms with Crippen LogP contribution in [0.25, 0.3) is 5.69 Å². The quantitative estimate of drug-likeness (QED) is 0.670. The molecule has 0 saturated carbocycles. The molecule has 0 spiro atoms. The molecule has 2 unspecified atom stereocenters. The standard InChI is InChI=1S/C18H17ClF3NO4/c1-7-9(5-4-8(19)11(7)18(20,21)22)23-14(25)12-13(15(23)26)17(3)10(24)6-16(12,2)27-17/h4-5,10,24-26H,6H2,1-3H3/t10-,16?,17?/m0/s1. The second-order valence-electron chi connectivity index (χ2n) is 7.46. The van der Waals surface area contributed by atoms with Crippen LogP contribution in [0.4, 0.5) is 13.2 Å². The van der Waals surface area contributed by atoms with E-state index in [1.165, 1.54) is 13.0 Å². The summed E-state index contributed by atoms with van der Waals surface area (Å²) in [6, 6.07) is 2.37. The predicted molar refractivity (Wildman–Crippen MR) is 90.3 cm³/mol. The van der Waals surface area contributed by atoms with Crippen LogP contribution in [-0.2, 0) is 22.1 Å². The van der Waals surface area contributed by atoms with Gasteiger partial charge in [0.25, 0.3) is 0 Å². The Bertz CT molecular complexity index is 986. The summed E-state index contributed by atoms with van der Waals surface area (Å²) in [5, 5.41) is 31.4. The van der Waals surface area contributed by atoms with Gasteiger partial charge < -0.3 is 20.1 Å². The number of fused-ring (bicyclic) bond motifs is 5. The van der Waals surface area contributed by atoms with E-state index in [0.29, 0.717) is 0 Å². The molecule has 0 aliphatic carbocycles. The number of alkyl halides is 3. The number of hydrogen-bond acceptors (Lipinski definition) is 4. The van der Waals surface area contributed by atoms with Gasteiger partial charge in [0.15, 0.2) is 0 Å². The van der Waals surface area contributed by atoms with Crippen LogP contribution in [0.3, 0.4) is 0 Å². The Labute approximate surface area is 157 Å². The van der Waals surface area contributed by atoms with Crippen LogP contribution in [0.15, 0.2) is 12.1 Å². The summed E-state index contributed by atoms with van der Waals surface area (Å²) in [5.41, 5.74) is -3.19. The number of halogens is 4. The van der Waals surface area contributed by atoms with Crippen LogP contribution >= 0.6 is 11.6 Å². The first-order valence-electron chi connectivity index (χ1n) is 8.25. The van der Waals surface area contributed by atoms with Gasteiger partial charge in [-0.3, -0.25) is 4.57 Å². The third-order valence-electron chi connectivity index (χ3n) is 5.71. The molecule has 1 aromatic heterocycles. The van der Waals surface area contributed by atoms with Crippen molar-refractivity contribution in [3.05, 3.63) is 39.4 Å². The lowest BCUT2D eigenvalue weighted by molar-refractivity contribution is -0.137. The lowest BCUT2D eigenvalue weighted by Gasteiger charge is -2.25. The second kappa shape index (κ2) is 5.12. The second-order valence-corrected chi connectivity index (χ2v) is 7.86. The molecule has 1 fully saturated rings. The van der Waals surface area contributed by atoms with Crippen molar-refractivity contribution in [2.75, 3.05) is 0 Å². The predicted octanol–water partition coefficient (Wildman–Crippen LogP) is 4.09. The third kappa shape index (κ3) is 2.14. The number of ether oxygens (including phenoxy) is 1. The highest BCUT2D eigenvalue weighted by atomic mass is 35.5. The molecule has 2 aliphatic rings. The van der Waals surface area contributed by atoms with Gasteiger partial charge in [0.05, 0.1) is 39.1 Å². The summed E-state index contributed by atoms with van der Waals surface area (Å²) in [4.78, 5) is 0. The van der Waals surface area contributed by atoms with Gasteiger partial charge in [-0.15, -0.1) is 0 Å². The number of benzene rings is 1. The molecule has 3 heterocycles. The van der Waals surface area contributed by atoms with Crippen molar-refractivity contribution in [2.45, 2.75) is 50.7 Å². The van der Waals surface area contributed by atoms with Crippen molar-refractivity contribution in [3.8, 4) is 17.4 Å². The van der Waals surface area contributed by atoms with Gasteiger partial charge in [-0.25, -0.2) is 0 Å². The van der Waals surface area contributed by atoms with E-state index in [1.807, 2.05) is 0 Å². The molecule has 1 aromatic carbocycles. The van der Waals surface area contributed by atoms with E-state index in [4.69, 9.17) is 16.3 Å². The number of hydrogen-bond donors (Lipinski definition) is 3. The number of aromatic nitrogens is 1. The Kier molecular flexibility index (Phi) is 3.50. The van der Waals surface area contributed by atoms with Crippen LogP contribution < -0.4 is 0 Å². The number of nitrogens with zero attached hydrogens (tertiary/aromatic N) is 1. The van der Waals surface area contributed by atoms with Crippen LogP contribution in [0.1, 0.15) is 42.5 Å². The van der Waals surface area contributed by atoms with E-state index in [0.717, 1.165) is 10.6 Å². The summed E-state index contributed by atoms with van der Waals surface area (Å²) < 4.78 is 47.0. The SMILES string of the molecule is Cc1c(-n2c(O)c3c(c2O)C2(C)OC3(C)C[C@@H]2O)ccc(Cl)c1C(F)(F)F. The van der Waals surface area contributed by atoms with Gasteiger partial charge in [0.2, 0.25) is 11.8 Å². The monoisotopic (exact) mass is 403 g/mol. The lowest BCUT2D eigenvalue weighted by atomic mass is 9.78. The summed E-state index contributed by atoms with van der Waals surface area (Å²) in [6.45, 7) is 4.46. The van der Waals surface area contributed by atoms with E-state index in [1.54, 1.807) is 13.8 Å². The summed E-state index contributed by atoms with van der Waals surface area (Å²) >= 11 is 5.74. The van der Waals surface area contributed by atoms with Crippen molar-refractivity contribution in [2.24, 2.45) is 0 Å². The van der Waals surface area contributed by atoms with Crippen molar-refractivity contribution in [1.82, 2.24) is 4.57 Å². The van der Waals surface area contributed by atoms with E-state index in [-0.39, 0.29) is 28.8 Å². The zero-order chi connectivity index (χ0) is 20.1. The highest BCUT2D eigenvalue weighted by molar-refractivity contribution is 6.31. The van der Waals surface area contributed by atoms with E-state index < -0.39 is 45.8 Å². The van der Waals surface area contributed by atoms with E-state index in [9.17, 15) is 28.5 Å². The van der Waals surface area contributed by atoms with Crippen LogP contribution in [0.5, 0.6) is 11.8 Å². The zero-order valence-corrected chi connectivity index (χ0v) is 15.4. The highest BCUT2D eigenvalue weighted by Crippen LogP contribution is 2.64. The fourth-order valence-corrected chi connectivity index (χ4v) is 4.83. The Balaban J connectivity index is 2.02. The van der Waals surface area contributed by atoms with Gasteiger partial charge in [-0.2, -0.15) is 13.2 Å². The fourth-order valence-electron chi connectivity index (χ4n) is 4.52. The molecule has 5 nitrogen and oxygen atoms in total. The van der Waals surface area contributed by atoms with Crippen LogP contribution in [0, 0.1) is 6.92 Å². The average Bonchev–Trinajstić information content (AvgIpc) is 3.01. The van der Waals surface area contributed by atoms with Crippen molar-refractivity contribution in [3.63, 3.8) is 0 Å². The number of rotatable bonds is 1. The minimum atomic E-state index is -4.70. The van der Waals surface area contributed by atoms with Crippen LogP contribution in [0.2, 0.25) is 5.02 Å². The largest absolute Gasteiger partial charge is 0.494 e. The molecule has 146 valence electrons. The Morgan fingerprint density at radius 1 is 1.19 bits per heavy atom. The molecule has 3 atom stereocenters. The lowest BCUT2D eigenvalue weighted by Crippen LogP contribution is -2.32. The summed E-state index contributed by atoms with van der Waals surface area (Å²) in [5.74, 6) is -0.884. The molecule has 2 aliphatic heterocycles. The van der Waals surface area contributed by atoms with Crippen molar-refractivity contribution in [1.29, 1.82) is 0 Å². The maximum absolute atomic E-state index is 13.4. The Morgan fingerprint density at radius 3 is 2.37 bits per heavy atom. The molecule has 3 N–H and O–H groups in total. The molecule has 2 bridgehead atoms. The van der Waals surface area contributed by atoms with Gasteiger partial charge >= 0.3 is 6.18 Å². The maximum atomic E-state index is 13.4. The van der Waals surface area contributed by atoms with Gasteiger partial charge in [-0.1, -0.05) is 11.6 Å². The molecule has 0 radical (unpaired) electrons. The van der Waals surface area contributed by atoms with Gasteiger partial charge in [0, 0.05) is 6.42 Å². The first kappa shape index (κ1) is 18.5. The molecule has 0 amide bonds. The van der Waals surface area contributed by atoms with E-state index in [2.05, 4.69) is 0 Å². The normalized spacial score (nSPS) is 29.4. The van der Waals surface area contributed by atoms with E-state index >= 15 is 0 Å². The topological polar surface area (TPSA) is 74.9 Å². The highest BCUT2D eigenvalue weighted by Gasteiger charge is 2.64. The Morgan fingerprint density at radius 2 is 1.78 bits per heavy atom. The minimum absolute atomic E-state index is 0.0581. The molecule has 4 rings (SSSR count). The van der Waals surface area contributed by atoms with Crippen molar-refractivity contribution >= 4 is 11.6 Å². The number of aromatic hydroxyl groups is 2. The third-order valence-corrected chi connectivity index (χ3v) is 6.03. The zero-order valence-electron chi connectivity index (χ0n) is 14.6. The molecule has 27 heavy (non-hydrogen) atoms. The molecule has 9 heteroatoms. The van der Waals surface area contributed by atoms with Gasteiger partial charge in [0.1, 0.15) is 5.60 Å². The molecular formula is C18H17ClF3NO4.